The Bertz CT molecular complexity index is 802. The topological polar surface area (TPSA) is 81.9 Å². The van der Waals surface area contributed by atoms with Crippen molar-refractivity contribution in [3.8, 4) is 11.5 Å². The molecule has 0 radical (unpaired) electrons. The molecule has 0 saturated carbocycles. The number of nitrogens with one attached hydrogen (secondary N) is 1. The van der Waals surface area contributed by atoms with Crippen LogP contribution < -0.4 is 10.1 Å². The molecule has 0 fully saturated rings. The highest BCUT2D eigenvalue weighted by atomic mass is 16.5. The van der Waals surface area contributed by atoms with E-state index in [0.29, 0.717) is 17.2 Å². The summed E-state index contributed by atoms with van der Waals surface area (Å²) >= 11 is 0. The number of rotatable bonds is 5. The fourth-order valence-corrected chi connectivity index (χ4v) is 2.05. The van der Waals surface area contributed by atoms with Gasteiger partial charge >= 0.3 is 0 Å². The van der Waals surface area contributed by atoms with E-state index < -0.39 is 0 Å². The Morgan fingerprint density at radius 1 is 1.22 bits per heavy atom. The number of hydrogen-bond acceptors (Lipinski definition) is 5. The summed E-state index contributed by atoms with van der Waals surface area (Å²) in [7, 11) is 0. The second kappa shape index (κ2) is 6.69. The van der Waals surface area contributed by atoms with Crippen molar-refractivity contribution in [2.75, 3.05) is 5.32 Å². The summed E-state index contributed by atoms with van der Waals surface area (Å²) in [6.45, 7) is 2.03. The van der Waals surface area contributed by atoms with Gasteiger partial charge in [0.1, 0.15) is 18.6 Å². The lowest BCUT2D eigenvalue weighted by Gasteiger charge is -2.12. The van der Waals surface area contributed by atoms with Gasteiger partial charge in [-0.15, -0.1) is 5.10 Å². The molecule has 0 aliphatic rings. The lowest BCUT2D eigenvalue weighted by atomic mass is 10.2. The average molecular weight is 309 g/mol. The van der Waals surface area contributed by atoms with E-state index in [1.165, 1.54) is 11.0 Å². The highest BCUT2D eigenvalue weighted by Gasteiger charge is 2.09. The molecule has 0 bridgehead atoms. The fourth-order valence-electron chi connectivity index (χ4n) is 2.05. The summed E-state index contributed by atoms with van der Waals surface area (Å²) in [5, 5.41) is 13.4. The molecule has 1 N–H and O–H groups in total. The van der Waals surface area contributed by atoms with Gasteiger partial charge in [-0.3, -0.25) is 4.79 Å². The van der Waals surface area contributed by atoms with E-state index in [4.69, 9.17) is 4.74 Å². The summed E-state index contributed by atoms with van der Waals surface area (Å²) in [6, 6.07) is 15.0. The number of amides is 1. The normalized spacial score (nSPS) is 10.3. The quantitative estimate of drug-likeness (QED) is 0.782. The van der Waals surface area contributed by atoms with Gasteiger partial charge in [-0.1, -0.05) is 24.3 Å². The first-order chi connectivity index (χ1) is 11.2. The van der Waals surface area contributed by atoms with Crippen LogP contribution in [-0.4, -0.2) is 26.1 Å². The minimum Gasteiger partial charge on any atom is -0.455 e. The van der Waals surface area contributed by atoms with Crippen LogP contribution in [0.25, 0.3) is 0 Å². The minimum absolute atomic E-state index is 0.0335. The maximum Gasteiger partial charge on any atom is 0.246 e. The first-order valence-corrected chi connectivity index (χ1v) is 7.05. The third-order valence-corrected chi connectivity index (χ3v) is 3.08. The molecule has 116 valence electrons. The number of ether oxygens (including phenoxy) is 1. The molecular weight excluding hydrogens is 294 g/mol. The maximum absolute atomic E-state index is 12.1. The summed E-state index contributed by atoms with van der Waals surface area (Å²) < 4.78 is 7.21. The molecule has 7 heteroatoms. The Morgan fingerprint density at radius 2 is 2.09 bits per heavy atom. The van der Waals surface area contributed by atoms with Crippen LogP contribution in [0.15, 0.2) is 54.9 Å². The molecule has 0 atom stereocenters. The van der Waals surface area contributed by atoms with Crippen LogP contribution in [0.2, 0.25) is 0 Å². The number of aromatic nitrogens is 4. The number of aryl methyl sites for hydroxylation is 1. The minimum atomic E-state index is -0.238. The van der Waals surface area contributed by atoms with Crippen molar-refractivity contribution in [2.45, 2.75) is 13.5 Å². The van der Waals surface area contributed by atoms with Crippen molar-refractivity contribution in [1.29, 1.82) is 0 Å². The van der Waals surface area contributed by atoms with Crippen molar-refractivity contribution in [2.24, 2.45) is 0 Å². The smallest absolute Gasteiger partial charge is 0.246 e. The highest BCUT2D eigenvalue weighted by Crippen LogP contribution is 2.29. The van der Waals surface area contributed by atoms with Crippen molar-refractivity contribution in [3.05, 3.63) is 60.4 Å². The maximum atomic E-state index is 12.1. The zero-order chi connectivity index (χ0) is 16.1. The van der Waals surface area contributed by atoms with E-state index in [1.54, 1.807) is 12.1 Å². The molecule has 1 aromatic heterocycles. The molecule has 3 aromatic rings. The van der Waals surface area contributed by atoms with E-state index in [-0.39, 0.29) is 12.5 Å². The summed E-state index contributed by atoms with van der Waals surface area (Å²) in [5.41, 5.74) is 1.69. The molecule has 2 aromatic carbocycles. The van der Waals surface area contributed by atoms with Gasteiger partial charge in [0, 0.05) is 0 Å². The predicted molar refractivity (Wildman–Crippen MR) is 84.1 cm³/mol. The molecule has 1 amide bonds. The summed E-state index contributed by atoms with van der Waals surface area (Å²) in [6.07, 6.45) is 1.38. The van der Waals surface area contributed by atoms with Gasteiger partial charge in [-0.2, -0.15) is 0 Å². The second-order valence-electron chi connectivity index (χ2n) is 4.97. The summed E-state index contributed by atoms with van der Waals surface area (Å²) in [5.74, 6) is 1.05. The Labute approximate surface area is 132 Å². The molecule has 0 spiro atoms. The zero-order valence-corrected chi connectivity index (χ0v) is 12.5. The fraction of sp³-hybridized carbons (Fsp3) is 0.125. The van der Waals surface area contributed by atoms with Gasteiger partial charge in [-0.25, -0.2) is 4.68 Å². The lowest BCUT2D eigenvalue weighted by molar-refractivity contribution is -0.116. The number of para-hydroxylation sites is 2. The van der Waals surface area contributed by atoms with E-state index in [1.807, 2.05) is 43.3 Å². The molecule has 0 aliphatic carbocycles. The second-order valence-corrected chi connectivity index (χ2v) is 4.97. The van der Waals surface area contributed by atoms with Crippen molar-refractivity contribution in [1.82, 2.24) is 20.2 Å². The number of nitrogens with zero attached hydrogens (tertiary/aromatic N) is 4. The van der Waals surface area contributed by atoms with Crippen LogP contribution in [0.4, 0.5) is 5.69 Å². The SMILES string of the molecule is Cc1cccc(Oc2ccccc2NC(=O)Cn2cnnn2)c1. The van der Waals surface area contributed by atoms with E-state index in [2.05, 4.69) is 20.8 Å². The van der Waals surface area contributed by atoms with Gasteiger partial charge in [-0.05, 0) is 47.2 Å². The first-order valence-electron chi connectivity index (χ1n) is 7.05. The van der Waals surface area contributed by atoms with E-state index in [9.17, 15) is 4.79 Å². The van der Waals surface area contributed by atoms with Crippen LogP contribution in [0.3, 0.4) is 0 Å². The molecule has 23 heavy (non-hydrogen) atoms. The van der Waals surface area contributed by atoms with E-state index >= 15 is 0 Å². The Balaban J connectivity index is 1.74. The molecule has 0 saturated heterocycles. The van der Waals surface area contributed by atoms with Crippen LogP contribution in [0.1, 0.15) is 5.56 Å². The van der Waals surface area contributed by atoms with Gasteiger partial charge in [0.2, 0.25) is 5.91 Å². The number of anilines is 1. The number of tetrazole rings is 1. The largest absolute Gasteiger partial charge is 0.455 e. The van der Waals surface area contributed by atoms with Crippen molar-refractivity contribution < 1.29 is 9.53 Å². The third kappa shape index (κ3) is 3.91. The molecular formula is C16H15N5O2. The van der Waals surface area contributed by atoms with E-state index in [0.717, 1.165) is 5.56 Å². The Hall–Kier alpha value is -3.22. The first kappa shape index (κ1) is 14.7. The van der Waals surface area contributed by atoms with Gasteiger partial charge in [0.05, 0.1) is 5.69 Å². The van der Waals surface area contributed by atoms with Crippen LogP contribution >= 0.6 is 0 Å². The molecule has 7 nitrogen and oxygen atoms in total. The van der Waals surface area contributed by atoms with Crippen LogP contribution in [0.5, 0.6) is 11.5 Å². The van der Waals surface area contributed by atoms with Gasteiger partial charge in [0.15, 0.2) is 5.75 Å². The van der Waals surface area contributed by atoms with Crippen LogP contribution in [0, 0.1) is 6.92 Å². The average Bonchev–Trinajstić information content (AvgIpc) is 3.02. The Kier molecular flexibility index (Phi) is 4.28. The molecule has 1 heterocycles. The highest BCUT2D eigenvalue weighted by molar-refractivity contribution is 5.92. The number of hydrogen-bond donors (Lipinski definition) is 1. The molecule has 0 unspecified atom stereocenters. The lowest BCUT2D eigenvalue weighted by Crippen LogP contribution is -2.19. The molecule has 0 aliphatic heterocycles. The van der Waals surface area contributed by atoms with Crippen molar-refractivity contribution >= 4 is 11.6 Å². The van der Waals surface area contributed by atoms with Gasteiger partial charge in [0.25, 0.3) is 0 Å². The standard InChI is InChI=1S/C16H15N5O2/c1-12-5-4-6-13(9-12)23-15-8-3-2-7-14(15)18-16(22)10-21-11-17-19-20-21/h2-9,11H,10H2,1H3,(H,18,22). The zero-order valence-electron chi connectivity index (χ0n) is 12.5. The molecule has 3 rings (SSSR count). The van der Waals surface area contributed by atoms with Gasteiger partial charge < -0.3 is 10.1 Å². The Morgan fingerprint density at radius 3 is 2.87 bits per heavy atom. The summed E-state index contributed by atoms with van der Waals surface area (Å²) in [4.78, 5) is 12.1. The monoisotopic (exact) mass is 309 g/mol. The predicted octanol–water partition coefficient (Wildman–Crippen LogP) is 2.41. The number of carbonyl (C=O) groups is 1. The third-order valence-electron chi connectivity index (χ3n) is 3.08. The number of benzene rings is 2. The number of carbonyl (C=O) groups excluding carboxylic acids is 1. The van der Waals surface area contributed by atoms with Crippen molar-refractivity contribution in [3.63, 3.8) is 0 Å². The van der Waals surface area contributed by atoms with Crippen LogP contribution in [-0.2, 0) is 11.3 Å².